The Hall–Kier alpha value is -1.42. The third-order valence-electron chi connectivity index (χ3n) is 2.86. The van der Waals surface area contributed by atoms with E-state index in [4.69, 9.17) is 0 Å². The van der Waals surface area contributed by atoms with E-state index in [0.29, 0.717) is 0 Å². The first-order valence-electron chi connectivity index (χ1n) is 5.65. The van der Waals surface area contributed by atoms with Crippen molar-refractivity contribution in [2.24, 2.45) is 0 Å². The van der Waals surface area contributed by atoms with Crippen molar-refractivity contribution in [3.8, 4) is 0 Å². The second-order valence-corrected chi connectivity index (χ2v) is 4.22. The maximum absolute atomic E-state index is 11.9. The van der Waals surface area contributed by atoms with Crippen LogP contribution in [0.2, 0.25) is 0 Å². The monoisotopic (exact) mass is 219 g/mol. The molecule has 2 N–H and O–H groups in total. The zero-order valence-electron chi connectivity index (χ0n) is 9.71. The summed E-state index contributed by atoms with van der Waals surface area (Å²) in [5, 5.41) is 6.09. The Labute approximate surface area is 95.5 Å². The molecule has 1 aliphatic rings. The van der Waals surface area contributed by atoms with Gasteiger partial charge in [-0.1, -0.05) is 0 Å². The van der Waals surface area contributed by atoms with Crippen molar-refractivity contribution < 1.29 is 4.79 Å². The molecule has 1 aliphatic heterocycles. The van der Waals surface area contributed by atoms with Gasteiger partial charge < -0.3 is 10.6 Å². The molecule has 1 aromatic rings. The van der Waals surface area contributed by atoms with Crippen molar-refractivity contribution >= 4 is 11.6 Å². The van der Waals surface area contributed by atoms with Crippen LogP contribution in [0.1, 0.15) is 24.2 Å². The van der Waals surface area contributed by atoms with Gasteiger partial charge in [0.2, 0.25) is 5.91 Å². The van der Waals surface area contributed by atoms with Gasteiger partial charge in [0.05, 0.1) is 17.4 Å². The molecule has 0 aliphatic carbocycles. The summed E-state index contributed by atoms with van der Waals surface area (Å²) in [6, 6.07) is 3.77. The number of rotatable bonds is 2. The van der Waals surface area contributed by atoms with E-state index in [1.165, 1.54) is 0 Å². The topological polar surface area (TPSA) is 54.0 Å². The summed E-state index contributed by atoms with van der Waals surface area (Å²) < 4.78 is 0. The smallest absolute Gasteiger partial charge is 0.241 e. The molecule has 1 amide bonds. The largest absolute Gasteiger partial charge is 0.323 e. The van der Waals surface area contributed by atoms with Gasteiger partial charge in [-0.2, -0.15) is 0 Å². The van der Waals surface area contributed by atoms with E-state index in [1.54, 1.807) is 0 Å². The zero-order chi connectivity index (χ0) is 11.5. The van der Waals surface area contributed by atoms with E-state index < -0.39 is 0 Å². The minimum absolute atomic E-state index is 0.0410. The van der Waals surface area contributed by atoms with Gasteiger partial charge >= 0.3 is 0 Å². The third-order valence-corrected chi connectivity index (χ3v) is 2.86. The number of nitrogens with zero attached hydrogens (tertiary/aromatic N) is 1. The second-order valence-electron chi connectivity index (χ2n) is 4.22. The van der Waals surface area contributed by atoms with Gasteiger partial charge in [0.25, 0.3) is 0 Å². The van der Waals surface area contributed by atoms with E-state index in [1.807, 2.05) is 26.0 Å². The number of pyridine rings is 1. The lowest BCUT2D eigenvalue weighted by Crippen LogP contribution is -2.35. The van der Waals surface area contributed by atoms with Crippen LogP contribution < -0.4 is 10.6 Å². The molecule has 2 rings (SSSR count). The molecule has 1 fully saturated rings. The van der Waals surface area contributed by atoms with Crippen LogP contribution in [-0.2, 0) is 4.79 Å². The summed E-state index contributed by atoms with van der Waals surface area (Å²) in [4.78, 5) is 16.2. The first-order valence-corrected chi connectivity index (χ1v) is 5.65. The molecule has 0 saturated carbocycles. The summed E-state index contributed by atoms with van der Waals surface area (Å²) in [5.74, 6) is 0.0475. The first-order chi connectivity index (χ1) is 7.66. The van der Waals surface area contributed by atoms with Crippen molar-refractivity contribution in [3.05, 3.63) is 23.5 Å². The number of anilines is 1. The molecule has 16 heavy (non-hydrogen) atoms. The number of aromatic nitrogens is 1. The molecule has 0 spiro atoms. The van der Waals surface area contributed by atoms with Crippen LogP contribution in [0.15, 0.2) is 12.1 Å². The molecule has 0 aromatic carbocycles. The predicted octanol–water partition coefficient (Wildman–Crippen LogP) is 1.39. The number of nitrogens with one attached hydrogen (secondary N) is 2. The van der Waals surface area contributed by atoms with Crippen LogP contribution in [0.4, 0.5) is 5.69 Å². The highest BCUT2D eigenvalue weighted by Gasteiger charge is 2.22. The molecular weight excluding hydrogens is 202 g/mol. The van der Waals surface area contributed by atoms with Gasteiger partial charge in [0.1, 0.15) is 0 Å². The molecule has 4 heteroatoms. The van der Waals surface area contributed by atoms with Crippen molar-refractivity contribution in [2.45, 2.75) is 32.7 Å². The number of amides is 1. The van der Waals surface area contributed by atoms with Crippen LogP contribution in [0, 0.1) is 13.8 Å². The molecule has 4 nitrogen and oxygen atoms in total. The van der Waals surface area contributed by atoms with E-state index in [-0.39, 0.29) is 11.9 Å². The van der Waals surface area contributed by atoms with Crippen molar-refractivity contribution in [1.82, 2.24) is 10.3 Å². The van der Waals surface area contributed by atoms with Crippen LogP contribution in [-0.4, -0.2) is 23.5 Å². The number of carbonyl (C=O) groups is 1. The van der Waals surface area contributed by atoms with Crippen LogP contribution in [0.3, 0.4) is 0 Å². The van der Waals surface area contributed by atoms with Crippen LogP contribution in [0.5, 0.6) is 0 Å². The zero-order valence-corrected chi connectivity index (χ0v) is 9.71. The number of hydrogen-bond donors (Lipinski definition) is 2. The van der Waals surface area contributed by atoms with E-state index in [0.717, 1.165) is 36.5 Å². The number of hydrogen-bond acceptors (Lipinski definition) is 3. The SMILES string of the molecule is Cc1ccc(NC(=O)C2CCCN2)c(C)n1. The van der Waals surface area contributed by atoms with Crippen molar-refractivity contribution in [1.29, 1.82) is 0 Å². The molecular formula is C12H17N3O. The summed E-state index contributed by atoms with van der Waals surface area (Å²) in [6.45, 7) is 4.78. The Morgan fingerprint density at radius 1 is 1.50 bits per heavy atom. The Bertz CT molecular complexity index is 397. The van der Waals surface area contributed by atoms with Crippen molar-refractivity contribution in [2.75, 3.05) is 11.9 Å². The van der Waals surface area contributed by atoms with Gasteiger partial charge in [-0.15, -0.1) is 0 Å². The lowest BCUT2D eigenvalue weighted by molar-refractivity contribution is -0.117. The normalized spacial score (nSPS) is 19.8. The highest BCUT2D eigenvalue weighted by molar-refractivity contribution is 5.95. The second kappa shape index (κ2) is 4.61. The minimum Gasteiger partial charge on any atom is -0.323 e. The Kier molecular flexibility index (Phi) is 3.19. The predicted molar refractivity (Wildman–Crippen MR) is 63.4 cm³/mol. The molecule has 1 atom stereocenters. The highest BCUT2D eigenvalue weighted by Crippen LogP contribution is 2.14. The van der Waals surface area contributed by atoms with Gasteiger partial charge in [0.15, 0.2) is 0 Å². The average molecular weight is 219 g/mol. The third kappa shape index (κ3) is 2.39. The van der Waals surface area contributed by atoms with E-state index in [9.17, 15) is 4.79 Å². The Morgan fingerprint density at radius 2 is 2.31 bits per heavy atom. The summed E-state index contributed by atoms with van der Waals surface area (Å²) in [6.07, 6.45) is 1.99. The summed E-state index contributed by atoms with van der Waals surface area (Å²) in [7, 11) is 0. The molecule has 1 saturated heterocycles. The fourth-order valence-corrected chi connectivity index (χ4v) is 1.95. The van der Waals surface area contributed by atoms with Gasteiger partial charge in [-0.3, -0.25) is 9.78 Å². The van der Waals surface area contributed by atoms with Gasteiger partial charge in [0, 0.05) is 5.69 Å². The number of aryl methyl sites for hydroxylation is 2. The molecule has 0 radical (unpaired) electrons. The standard InChI is InChI=1S/C12H17N3O/c1-8-5-6-10(9(2)14-8)15-12(16)11-4-3-7-13-11/h5-6,11,13H,3-4,7H2,1-2H3,(H,15,16). The van der Waals surface area contributed by atoms with Gasteiger partial charge in [-0.25, -0.2) is 0 Å². The highest BCUT2D eigenvalue weighted by atomic mass is 16.2. The molecule has 86 valence electrons. The van der Waals surface area contributed by atoms with Gasteiger partial charge in [-0.05, 0) is 45.4 Å². The Balaban J connectivity index is 2.05. The average Bonchev–Trinajstić information content (AvgIpc) is 2.75. The lowest BCUT2D eigenvalue weighted by Gasteiger charge is -2.12. The number of carbonyl (C=O) groups excluding carboxylic acids is 1. The maximum Gasteiger partial charge on any atom is 0.241 e. The minimum atomic E-state index is -0.0410. The molecule has 2 heterocycles. The molecule has 0 bridgehead atoms. The summed E-state index contributed by atoms with van der Waals surface area (Å²) >= 11 is 0. The van der Waals surface area contributed by atoms with Crippen LogP contribution >= 0.6 is 0 Å². The van der Waals surface area contributed by atoms with E-state index in [2.05, 4.69) is 15.6 Å². The fourth-order valence-electron chi connectivity index (χ4n) is 1.95. The maximum atomic E-state index is 11.9. The molecule has 1 unspecified atom stereocenters. The summed E-state index contributed by atoms with van der Waals surface area (Å²) in [5.41, 5.74) is 2.64. The fraction of sp³-hybridized carbons (Fsp3) is 0.500. The van der Waals surface area contributed by atoms with E-state index >= 15 is 0 Å². The molecule has 1 aromatic heterocycles. The quantitative estimate of drug-likeness (QED) is 0.790. The first kappa shape index (κ1) is 11.1. The lowest BCUT2D eigenvalue weighted by atomic mass is 10.2. The Morgan fingerprint density at radius 3 is 2.94 bits per heavy atom. The van der Waals surface area contributed by atoms with Crippen molar-refractivity contribution in [3.63, 3.8) is 0 Å². The van der Waals surface area contributed by atoms with Crippen LogP contribution in [0.25, 0.3) is 0 Å².